The highest BCUT2D eigenvalue weighted by Crippen LogP contribution is 2.22. The van der Waals surface area contributed by atoms with E-state index in [1.54, 1.807) is 11.3 Å². The number of benzene rings is 1. The van der Waals surface area contributed by atoms with Crippen molar-refractivity contribution < 1.29 is 14.9 Å². The van der Waals surface area contributed by atoms with Crippen molar-refractivity contribution in [2.45, 2.75) is 26.3 Å². The van der Waals surface area contributed by atoms with Gasteiger partial charge < -0.3 is 16.0 Å². The Labute approximate surface area is 152 Å². The molecule has 1 aromatic carbocycles. The largest absolute Gasteiger partial charge is 0.355 e. The Kier molecular flexibility index (Phi) is 7.63. The standard InChI is InChI=1S/C19H25N3O2S/c1-3-10-20-17(23)12-21-18(24)13-22-19(16-5-4-11-25-16)15-8-6-14(2)7-9-15/h4-9,11,19,22H,3,10,12-13H2,1-2H3,(H,20,23)(H,21,24)/p+1/t19-/m0/s1. The van der Waals surface area contributed by atoms with Gasteiger partial charge in [0.1, 0.15) is 6.04 Å². The third kappa shape index (κ3) is 6.32. The molecule has 1 aromatic heterocycles. The van der Waals surface area contributed by atoms with Crippen molar-refractivity contribution in [1.29, 1.82) is 0 Å². The summed E-state index contributed by atoms with van der Waals surface area (Å²) in [5.74, 6) is -0.288. The van der Waals surface area contributed by atoms with Crippen LogP contribution in [-0.4, -0.2) is 31.4 Å². The number of hydrogen-bond donors (Lipinski definition) is 3. The van der Waals surface area contributed by atoms with E-state index in [2.05, 4.69) is 47.9 Å². The van der Waals surface area contributed by atoms with Crippen molar-refractivity contribution >= 4 is 23.2 Å². The number of thiophene rings is 1. The molecule has 6 heteroatoms. The molecule has 0 radical (unpaired) electrons. The number of amides is 2. The molecule has 0 saturated heterocycles. The van der Waals surface area contributed by atoms with Crippen LogP contribution in [0.15, 0.2) is 41.8 Å². The molecule has 2 rings (SSSR count). The van der Waals surface area contributed by atoms with E-state index in [4.69, 9.17) is 0 Å². The number of nitrogens with one attached hydrogen (secondary N) is 2. The summed E-state index contributed by atoms with van der Waals surface area (Å²) in [4.78, 5) is 24.8. The summed E-state index contributed by atoms with van der Waals surface area (Å²) < 4.78 is 0. The first kappa shape index (κ1) is 19.1. The van der Waals surface area contributed by atoms with Gasteiger partial charge in [-0.15, -0.1) is 11.3 Å². The first-order valence-electron chi connectivity index (χ1n) is 8.57. The molecule has 2 aromatic rings. The number of nitrogens with two attached hydrogens (primary N) is 1. The summed E-state index contributed by atoms with van der Waals surface area (Å²) in [5, 5.41) is 9.47. The summed E-state index contributed by atoms with van der Waals surface area (Å²) in [6.07, 6.45) is 0.881. The summed E-state index contributed by atoms with van der Waals surface area (Å²) in [6.45, 7) is 4.99. The van der Waals surface area contributed by atoms with Crippen LogP contribution >= 0.6 is 11.3 Å². The molecule has 0 spiro atoms. The minimum absolute atomic E-state index is 0.0286. The maximum absolute atomic E-state index is 12.1. The van der Waals surface area contributed by atoms with Crippen LogP contribution in [0.3, 0.4) is 0 Å². The van der Waals surface area contributed by atoms with E-state index < -0.39 is 0 Å². The Morgan fingerprint density at radius 3 is 2.52 bits per heavy atom. The lowest BCUT2D eigenvalue weighted by Crippen LogP contribution is -2.87. The van der Waals surface area contributed by atoms with Gasteiger partial charge in [0.05, 0.1) is 11.4 Å². The zero-order valence-corrected chi connectivity index (χ0v) is 15.6. The number of quaternary nitrogens is 1. The van der Waals surface area contributed by atoms with Crippen molar-refractivity contribution in [3.63, 3.8) is 0 Å². The molecule has 0 aliphatic rings. The van der Waals surface area contributed by atoms with Gasteiger partial charge in [-0.3, -0.25) is 9.59 Å². The van der Waals surface area contributed by atoms with Crippen LogP contribution in [0.2, 0.25) is 0 Å². The van der Waals surface area contributed by atoms with Crippen LogP contribution in [0.1, 0.15) is 35.4 Å². The summed E-state index contributed by atoms with van der Waals surface area (Å²) >= 11 is 1.68. The van der Waals surface area contributed by atoms with E-state index in [0.717, 1.165) is 6.42 Å². The number of carbonyl (C=O) groups excluding carboxylic acids is 2. The second-order valence-electron chi connectivity index (χ2n) is 5.97. The molecule has 0 unspecified atom stereocenters. The van der Waals surface area contributed by atoms with Gasteiger partial charge in [0, 0.05) is 12.1 Å². The number of hydrogen-bond acceptors (Lipinski definition) is 3. The van der Waals surface area contributed by atoms with Crippen LogP contribution in [0.5, 0.6) is 0 Å². The van der Waals surface area contributed by atoms with Crippen molar-refractivity contribution in [1.82, 2.24) is 10.6 Å². The molecule has 25 heavy (non-hydrogen) atoms. The minimum atomic E-state index is -0.149. The minimum Gasteiger partial charge on any atom is -0.355 e. The molecule has 0 fully saturated rings. The molecule has 1 heterocycles. The maximum atomic E-state index is 12.1. The van der Waals surface area contributed by atoms with Gasteiger partial charge in [0.2, 0.25) is 5.91 Å². The number of carbonyl (C=O) groups is 2. The number of rotatable bonds is 9. The Morgan fingerprint density at radius 2 is 1.88 bits per heavy atom. The molecular weight excluding hydrogens is 334 g/mol. The molecule has 0 aliphatic heterocycles. The lowest BCUT2D eigenvalue weighted by atomic mass is 10.0. The van der Waals surface area contributed by atoms with E-state index in [1.165, 1.54) is 16.0 Å². The Bertz CT molecular complexity index is 668. The smallest absolute Gasteiger partial charge is 0.275 e. The first-order valence-corrected chi connectivity index (χ1v) is 9.44. The van der Waals surface area contributed by atoms with E-state index in [-0.39, 0.29) is 30.9 Å². The highest BCUT2D eigenvalue weighted by molar-refractivity contribution is 7.10. The van der Waals surface area contributed by atoms with Gasteiger partial charge in [-0.05, 0) is 24.8 Å². The monoisotopic (exact) mass is 360 g/mol. The fraction of sp³-hybridized carbons (Fsp3) is 0.368. The van der Waals surface area contributed by atoms with Gasteiger partial charge in [0.15, 0.2) is 6.54 Å². The summed E-state index contributed by atoms with van der Waals surface area (Å²) in [5.41, 5.74) is 2.38. The van der Waals surface area contributed by atoms with Gasteiger partial charge in [0.25, 0.3) is 5.91 Å². The van der Waals surface area contributed by atoms with Crippen LogP contribution in [0.25, 0.3) is 0 Å². The second-order valence-corrected chi connectivity index (χ2v) is 6.95. The average molecular weight is 361 g/mol. The SMILES string of the molecule is CCCNC(=O)CNC(=O)C[NH2+][C@@H](c1ccc(C)cc1)c1cccs1. The van der Waals surface area contributed by atoms with Gasteiger partial charge in [-0.2, -0.15) is 0 Å². The van der Waals surface area contributed by atoms with Gasteiger partial charge >= 0.3 is 0 Å². The van der Waals surface area contributed by atoms with E-state index in [1.807, 2.05) is 23.7 Å². The third-order valence-corrected chi connectivity index (χ3v) is 4.80. The zero-order chi connectivity index (χ0) is 18.1. The summed E-state index contributed by atoms with van der Waals surface area (Å²) in [6, 6.07) is 12.6. The van der Waals surface area contributed by atoms with Crippen molar-refractivity contribution in [2.24, 2.45) is 0 Å². The normalized spacial score (nSPS) is 11.8. The Morgan fingerprint density at radius 1 is 1.12 bits per heavy atom. The van der Waals surface area contributed by atoms with Crippen molar-refractivity contribution in [3.05, 3.63) is 57.8 Å². The molecule has 4 N–H and O–H groups in total. The predicted molar refractivity (Wildman–Crippen MR) is 100 cm³/mol. The Balaban J connectivity index is 1.91. The average Bonchev–Trinajstić information content (AvgIpc) is 3.14. The first-order chi connectivity index (χ1) is 12.1. The predicted octanol–water partition coefficient (Wildman–Crippen LogP) is 1.35. The molecule has 5 nitrogen and oxygen atoms in total. The molecule has 0 bridgehead atoms. The lowest BCUT2D eigenvalue weighted by molar-refractivity contribution is -0.676. The molecule has 2 amide bonds. The maximum Gasteiger partial charge on any atom is 0.275 e. The van der Waals surface area contributed by atoms with Crippen LogP contribution in [0, 0.1) is 6.92 Å². The van der Waals surface area contributed by atoms with Crippen molar-refractivity contribution in [2.75, 3.05) is 19.6 Å². The Hall–Kier alpha value is -2.18. The van der Waals surface area contributed by atoms with Gasteiger partial charge in [-0.1, -0.05) is 42.8 Å². The topological polar surface area (TPSA) is 74.8 Å². The second kappa shape index (κ2) is 9.96. The van der Waals surface area contributed by atoms with Crippen molar-refractivity contribution in [3.8, 4) is 0 Å². The molecule has 0 aliphatic carbocycles. The molecule has 134 valence electrons. The quantitative estimate of drug-likeness (QED) is 0.631. The van der Waals surface area contributed by atoms with Crippen LogP contribution < -0.4 is 16.0 Å². The zero-order valence-electron chi connectivity index (χ0n) is 14.7. The van der Waals surface area contributed by atoms with Gasteiger partial charge in [-0.25, -0.2) is 0 Å². The third-order valence-electron chi connectivity index (χ3n) is 3.84. The molecule has 1 atom stereocenters. The number of aryl methyl sites for hydroxylation is 1. The molecular formula is C19H26N3O2S+. The van der Waals surface area contributed by atoms with E-state index >= 15 is 0 Å². The van der Waals surface area contributed by atoms with Crippen LogP contribution in [0.4, 0.5) is 0 Å². The molecule has 0 saturated carbocycles. The van der Waals surface area contributed by atoms with Crippen LogP contribution in [-0.2, 0) is 9.59 Å². The van der Waals surface area contributed by atoms with E-state index in [0.29, 0.717) is 6.54 Å². The fourth-order valence-corrected chi connectivity index (χ4v) is 3.31. The highest BCUT2D eigenvalue weighted by atomic mass is 32.1. The highest BCUT2D eigenvalue weighted by Gasteiger charge is 2.20. The fourth-order valence-electron chi connectivity index (χ4n) is 2.46. The van der Waals surface area contributed by atoms with E-state index in [9.17, 15) is 9.59 Å². The lowest BCUT2D eigenvalue weighted by Gasteiger charge is -2.15. The summed E-state index contributed by atoms with van der Waals surface area (Å²) in [7, 11) is 0.